The Hall–Kier alpha value is -2.11. The highest BCUT2D eigenvalue weighted by molar-refractivity contribution is 5.85. The predicted octanol–water partition coefficient (Wildman–Crippen LogP) is 3.48. The quantitative estimate of drug-likeness (QED) is 0.668. The van der Waals surface area contributed by atoms with Crippen molar-refractivity contribution in [1.29, 1.82) is 0 Å². The summed E-state index contributed by atoms with van der Waals surface area (Å²) < 4.78 is 19.3. The Morgan fingerprint density at radius 3 is 2.48 bits per heavy atom. The minimum atomic E-state index is -0.412. The van der Waals surface area contributed by atoms with E-state index in [1.54, 1.807) is 18.2 Å². The number of hydrogen-bond acceptors (Lipinski definition) is 3. The van der Waals surface area contributed by atoms with Gasteiger partial charge in [-0.3, -0.25) is 4.79 Å². The van der Waals surface area contributed by atoms with E-state index in [1.807, 2.05) is 37.4 Å². The van der Waals surface area contributed by atoms with Gasteiger partial charge in [-0.25, -0.2) is 4.39 Å². The highest BCUT2D eigenvalue weighted by Gasteiger charge is 2.16. The summed E-state index contributed by atoms with van der Waals surface area (Å²) in [4.78, 5) is 12.1. The van der Waals surface area contributed by atoms with Crippen LogP contribution in [0.3, 0.4) is 0 Å². The van der Waals surface area contributed by atoms with Crippen molar-refractivity contribution in [2.75, 3.05) is 20.2 Å². The Morgan fingerprint density at radius 2 is 1.80 bits per heavy atom. The van der Waals surface area contributed by atoms with Crippen molar-refractivity contribution in [3.63, 3.8) is 0 Å². The first-order valence-corrected chi connectivity index (χ1v) is 8.07. The number of nitrogens with one attached hydrogen (secondary N) is 2. The van der Waals surface area contributed by atoms with E-state index in [-0.39, 0.29) is 36.7 Å². The van der Waals surface area contributed by atoms with Gasteiger partial charge in [-0.15, -0.1) is 12.4 Å². The van der Waals surface area contributed by atoms with Crippen molar-refractivity contribution in [2.24, 2.45) is 0 Å². The monoisotopic (exact) mass is 366 g/mol. The van der Waals surface area contributed by atoms with E-state index in [1.165, 1.54) is 6.07 Å². The number of rotatable bonds is 9. The van der Waals surface area contributed by atoms with Gasteiger partial charge in [-0.05, 0) is 37.7 Å². The number of carbonyl (C=O) groups is 1. The molecular formula is C19H24ClFN2O2. The average molecular weight is 367 g/mol. The molecule has 1 atom stereocenters. The first-order chi connectivity index (χ1) is 11.7. The molecule has 0 aliphatic heterocycles. The largest absolute Gasteiger partial charge is 0.488 e. The zero-order valence-electron chi connectivity index (χ0n) is 14.2. The summed E-state index contributed by atoms with van der Waals surface area (Å²) in [7, 11) is 1.85. The molecule has 0 saturated carbocycles. The van der Waals surface area contributed by atoms with Gasteiger partial charge in [0.1, 0.15) is 6.61 Å². The summed E-state index contributed by atoms with van der Waals surface area (Å²) in [5.74, 6) is -0.274. The molecule has 2 rings (SSSR count). The van der Waals surface area contributed by atoms with Gasteiger partial charge in [-0.2, -0.15) is 0 Å². The number of ether oxygens (including phenoxy) is 1. The third-order valence-corrected chi connectivity index (χ3v) is 3.61. The Morgan fingerprint density at radius 1 is 1.12 bits per heavy atom. The van der Waals surface area contributed by atoms with Crippen LogP contribution >= 0.6 is 12.4 Å². The van der Waals surface area contributed by atoms with Crippen LogP contribution in [0.15, 0.2) is 54.6 Å². The second-order valence-corrected chi connectivity index (χ2v) is 5.48. The van der Waals surface area contributed by atoms with E-state index in [2.05, 4.69) is 10.6 Å². The SMILES string of the molecule is CNCCCC(=O)NC(COc1ccccc1F)c1ccccc1.Cl. The molecule has 4 nitrogen and oxygen atoms in total. The molecule has 0 aliphatic carbocycles. The summed E-state index contributed by atoms with van der Waals surface area (Å²) in [6.45, 7) is 0.956. The zero-order chi connectivity index (χ0) is 17.2. The lowest BCUT2D eigenvalue weighted by atomic mass is 10.1. The topological polar surface area (TPSA) is 50.4 Å². The van der Waals surface area contributed by atoms with Gasteiger partial charge in [0, 0.05) is 6.42 Å². The van der Waals surface area contributed by atoms with Gasteiger partial charge >= 0.3 is 0 Å². The number of halogens is 2. The summed E-state index contributed by atoms with van der Waals surface area (Å²) in [6, 6.07) is 15.5. The second-order valence-electron chi connectivity index (χ2n) is 5.48. The van der Waals surface area contributed by atoms with Crippen molar-refractivity contribution in [1.82, 2.24) is 10.6 Å². The molecule has 6 heteroatoms. The number of carbonyl (C=O) groups excluding carboxylic acids is 1. The maximum atomic E-state index is 13.7. The first-order valence-electron chi connectivity index (χ1n) is 8.07. The van der Waals surface area contributed by atoms with Crippen LogP contribution in [0.2, 0.25) is 0 Å². The Labute approximate surface area is 154 Å². The Kier molecular flexibility index (Phi) is 9.58. The fraction of sp³-hybridized carbons (Fsp3) is 0.316. The van der Waals surface area contributed by atoms with Gasteiger partial charge < -0.3 is 15.4 Å². The molecule has 0 radical (unpaired) electrons. The molecule has 0 aliphatic rings. The molecule has 2 aromatic rings. The molecule has 25 heavy (non-hydrogen) atoms. The van der Waals surface area contributed by atoms with E-state index >= 15 is 0 Å². The van der Waals surface area contributed by atoms with E-state index in [0.717, 1.165) is 18.5 Å². The molecule has 0 aromatic heterocycles. The highest BCUT2D eigenvalue weighted by atomic mass is 35.5. The van der Waals surface area contributed by atoms with Crippen LogP contribution in [-0.2, 0) is 4.79 Å². The van der Waals surface area contributed by atoms with Crippen LogP contribution < -0.4 is 15.4 Å². The maximum Gasteiger partial charge on any atom is 0.220 e. The van der Waals surface area contributed by atoms with Crippen LogP contribution in [0.4, 0.5) is 4.39 Å². The van der Waals surface area contributed by atoms with Crippen molar-refractivity contribution < 1.29 is 13.9 Å². The normalized spacial score (nSPS) is 11.3. The van der Waals surface area contributed by atoms with Crippen LogP contribution in [0, 0.1) is 5.82 Å². The number of benzene rings is 2. The standard InChI is InChI=1S/C19H23FN2O2.ClH/c1-21-13-7-12-19(23)22-17(15-8-3-2-4-9-15)14-24-18-11-6-5-10-16(18)20;/h2-6,8-11,17,21H,7,12-14H2,1H3,(H,22,23);1H. The Balaban J connectivity index is 0.00000312. The van der Waals surface area contributed by atoms with E-state index in [0.29, 0.717) is 6.42 Å². The minimum absolute atomic E-state index is 0. The lowest BCUT2D eigenvalue weighted by Gasteiger charge is -2.20. The molecule has 0 spiro atoms. The van der Waals surface area contributed by atoms with Crippen LogP contribution in [-0.4, -0.2) is 26.1 Å². The van der Waals surface area contributed by atoms with Crippen LogP contribution in [0.25, 0.3) is 0 Å². The molecule has 0 saturated heterocycles. The molecule has 0 bridgehead atoms. The highest BCUT2D eigenvalue weighted by Crippen LogP contribution is 2.19. The molecule has 2 aromatic carbocycles. The maximum absolute atomic E-state index is 13.7. The van der Waals surface area contributed by atoms with Crippen LogP contribution in [0.5, 0.6) is 5.75 Å². The average Bonchev–Trinajstić information content (AvgIpc) is 2.61. The summed E-state index contributed by atoms with van der Waals surface area (Å²) >= 11 is 0. The first kappa shape index (κ1) is 20.9. The second kappa shape index (κ2) is 11.4. The fourth-order valence-corrected chi connectivity index (χ4v) is 2.33. The van der Waals surface area contributed by atoms with Crippen molar-refractivity contribution in [2.45, 2.75) is 18.9 Å². The molecule has 2 N–H and O–H groups in total. The van der Waals surface area contributed by atoms with Crippen molar-refractivity contribution >= 4 is 18.3 Å². The van der Waals surface area contributed by atoms with Crippen molar-refractivity contribution in [3.8, 4) is 5.75 Å². The molecule has 0 fully saturated rings. The lowest BCUT2D eigenvalue weighted by molar-refractivity contribution is -0.122. The predicted molar refractivity (Wildman–Crippen MR) is 99.6 cm³/mol. The van der Waals surface area contributed by atoms with Gasteiger partial charge in [-0.1, -0.05) is 42.5 Å². The van der Waals surface area contributed by atoms with E-state index < -0.39 is 5.82 Å². The van der Waals surface area contributed by atoms with Crippen molar-refractivity contribution in [3.05, 3.63) is 66.0 Å². The minimum Gasteiger partial charge on any atom is -0.488 e. The van der Waals surface area contributed by atoms with Gasteiger partial charge in [0.05, 0.1) is 6.04 Å². The fourth-order valence-electron chi connectivity index (χ4n) is 2.33. The zero-order valence-corrected chi connectivity index (χ0v) is 15.0. The summed E-state index contributed by atoms with van der Waals surface area (Å²) in [5.41, 5.74) is 0.927. The van der Waals surface area contributed by atoms with Gasteiger partial charge in [0.15, 0.2) is 11.6 Å². The Bertz CT molecular complexity index is 640. The van der Waals surface area contributed by atoms with Gasteiger partial charge in [0.25, 0.3) is 0 Å². The molecular weight excluding hydrogens is 343 g/mol. The number of hydrogen-bond donors (Lipinski definition) is 2. The number of para-hydroxylation sites is 1. The third-order valence-electron chi connectivity index (χ3n) is 3.61. The van der Waals surface area contributed by atoms with Gasteiger partial charge in [0.2, 0.25) is 5.91 Å². The molecule has 136 valence electrons. The van der Waals surface area contributed by atoms with Crippen LogP contribution in [0.1, 0.15) is 24.4 Å². The number of amides is 1. The molecule has 1 unspecified atom stereocenters. The summed E-state index contributed by atoms with van der Waals surface area (Å²) in [5, 5.41) is 5.98. The van der Waals surface area contributed by atoms with E-state index in [4.69, 9.17) is 4.74 Å². The third kappa shape index (κ3) is 7.11. The molecule has 0 heterocycles. The smallest absolute Gasteiger partial charge is 0.220 e. The van der Waals surface area contributed by atoms with E-state index in [9.17, 15) is 9.18 Å². The summed E-state index contributed by atoms with van der Waals surface area (Å²) in [6.07, 6.45) is 1.20. The molecule has 1 amide bonds. The lowest BCUT2D eigenvalue weighted by Crippen LogP contribution is -2.32.